The molecule has 2 N–H and O–H groups in total. The predicted molar refractivity (Wildman–Crippen MR) is 124 cm³/mol. The first kappa shape index (κ1) is 23.0. The van der Waals surface area contributed by atoms with E-state index in [-0.39, 0.29) is 6.61 Å². The predicted octanol–water partition coefficient (Wildman–Crippen LogP) is 4.00. The van der Waals surface area contributed by atoms with Gasteiger partial charge in [-0.25, -0.2) is 10.2 Å². The van der Waals surface area contributed by atoms with Crippen molar-refractivity contribution in [2.45, 2.75) is 43.9 Å². The number of anilines is 1. The van der Waals surface area contributed by atoms with Crippen molar-refractivity contribution in [3.63, 3.8) is 0 Å². The fourth-order valence-corrected chi connectivity index (χ4v) is 5.00. The number of hydrogen-bond acceptors (Lipinski definition) is 7. The highest BCUT2D eigenvalue weighted by atomic mass is 32.2. The van der Waals surface area contributed by atoms with Gasteiger partial charge in [0.2, 0.25) is 0 Å². The molecule has 1 aliphatic rings. The summed E-state index contributed by atoms with van der Waals surface area (Å²) in [5.74, 6) is -2.25. The van der Waals surface area contributed by atoms with E-state index in [4.69, 9.17) is 4.74 Å². The maximum absolute atomic E-state index is 12.5. The smallest absolute Gasteiger partial charge is 0.341 e. The number of nitrogens with zero attached hydrogens (tertiary/aromatic N) is 1. The lowest BCUT2D eigenvalue weighted by Crippen LogP contribution is -2.32. The number of benzene rings is 1. The first-order valence-corrected chi connectivity index (χ1v) is 12.2. The van der Waals surface area contributed by atoms with Crippen LogP contribution in [0, 0.1) is 0 Å². The van der Waals surface area contributed by atoms with E-state index in [1.54, 1.807) is 18.7 Å². The zero-order valence-electron chi connectivity index (χ0n) is 17.5. The summed E-state index contributed by atoms with van der Waals surface area (Å²) in [6.07, 6.45) is 8.20. The van der Waals surface area contributed by atoms with Crippen LogP contribution in [0.3, 0.4) is 0 Å². The molecule has 1 heterocycles. The second-order valence-corrected chi connectivity index (χ2v) is 8.90. The molecule has 0 bridgehead atoms. The van der Waals surface area contributed by atoms with Gasteiger partial charge in [0.15, 0.2) is 0 Å². The lowest BCUT2D eigenvalue weighted by atomic mass is 10.1. The number of thioether (sulfide) groups is 1. The minimum absolute atomic E-state index is 0.240. The number of nitrogens with one attached hydrogen (secondary N) is 2. The first-order chi connectivity index (χ1) is 15.0. The Bertz CT molecular complexity index is 983. The number of fused-ring (bicyclic) bond motifs is 1. The standard InChI is InChI=1S/C22H25N3O4S2/c1-3-29-22(28)18-16-7-5-4-6-8-17(16)31-21(18)24-19(26)20(27)25-23-13-14-9-11-15(30-2)12-10-14/h9-13H,3-8H2,1-2H3,(H,24,26)(H,25,27). The zero-order chi connectivity index (χ0) is 22.2. The van der Waals surface area contributed by atoms with Gasteiger partial charge in [0.25, 0.3) is 0 Å². The highest BCUT2D eigenvalue weighted by Crippen LogP contribution is 2.38. The van der Waals surface area contributed by atoms with E-state index >= 15 is 0 Å². The molecule has 0 saturated heterocycles. The molecule has 1 aromatic carbocycles. The van der Waals surface area contributed by atoms with Crippen LogP contribution < -0.4 is 10.7 Å². The number of thiophene rings is 1. The fraction of sp³-hybridized carbons (Fsp3) is 0.364. The van der Waals surface area contributed by atoms with Gasteiger partial charge < -0.3 is 10.1 Å². The number of rotatable bonds is 6. The summed E-state index contributed by atoms with van der Waals surface area (Å²) in [5, 5.41) is 6.79. The molecule has 0 aliphatic heterocycles. The molecule has 0 spiro atoms. The van der Waals surface area contributed by atoms with Gasteiger partial charge in [0.1, 0.15) is 5.00 Å². The molecular weight excluding hydrogens is 434 g/mol. The summed E-state index contributed by atoms with van der Waals surface area (Å²) in [5.41, 5.74) is 4.33. The number of hydrazone groups is 1. The molecule has 3 rings (SSSR count). The number of amides is 2. The topological polar surface area (TPSA) is 96.9 Å². The molecule has 0 unspecified atom stereocenters. The summed E-state index contributed by atoms with van der Waals surface area (Å²) < 4.78 is 5.20. The van der Waals surface area contributed by atoms with E-state index in [1.165, 1.54) is 17.6 Å². The monoisotopic (exact) mass is 459 g/mol. The molecule has 1 aliphatic carbocycles. The zero-order valence-corrected chi connectivity index (χ0v) is 19.2. The molecule has 2 amide bonds. The maximum Gasteiger partial charge on any atom is 0.341 e. The number of hydrogen-bond donors (Lipinski definition) is 2. The SMILES string of the molecule is CCOC(=O)c1c(NC(=O)C(=O)NN=Cc2ccc(SC)cc2)sc2c1CCCCC2. The van der Waals surface area contributed by atoms with Crippen molar-refractivity contribution in [2.75, 3.05) is 18.2 Å². The molecule has 2 aromatic rings. The van der Waals surface area contributed by atoms with Crippen molar-refractivity contribution in [2.24, 2.45) is 5.10 Å². The number of esters is 1. The highest BCUT2D eigenvalue weighted by Gasteiger charge is 2.27. The third kappa shape index (κ3) is 5.95. The van der Waals surface area contributed by atoms with Crippen molar-refractivity contribution < 1.29 is 19.1 Å². The summed E-state index contributed by atoms with van der Waals surface area (Å²) >= 11 is 2.98. The summed E-state index contributed by atoms with van der Waals surface area (Å²) in [4.78, 5) is 39.3. The average molecular weight is 460 g/mol. The van der Waals surface area contributed by atoms with Crippen LogP contribution in [0.15, 0.2) is 34.3 Å². The molecule has 31 heavy (non-hydrogen) atoms. The molecule has 1 aromatic heterocycles. The van der Waals surface area contributed by atoms with Crippen molar-refractivity contribution in [3.8, 4) is 0 Å². The Labute approximate surface area is 189 Å². The van der Waals surface area contributed by atoms with Gasteiger partial charge in [-0.3, -0.25) is 9.59 Å². The van der Waals surface area contributed by atoms with E-state index in [0.29, 0.717) is 10.6 Å². The lowest BCUT2D eigenvalue weighted by molar-refractivity contribution is -0.136. The average Bonchev–Trinajstić information content (AvgIpc) is 2.94. The Morgan fingerprint density at radius 2 is 1.87 bits per heavy atom. The van der Waals surface area contributed by atoms with Gasteiger partial charge in [-0.05, 0) is 62.1 Å². The molecule has 0 atom stereocenters. The Hall–Kier alpha value is -2.65. The van der Waals surface area contributed by atoms with Crippen LogP contribution in [-0.2, 0) is 27.2 Å². The van der Waals surface area contributed by atoms with E-state index < -0.39 is 17.8 Å². The number of carbonyl (C=O) groups excluding carboxylic acids is 3. The first-order valence-electron chi connectivity index (χ1n) is 10.1. The van der Waals surface area contributed by atoms with Crippen molar-refractivity contribution in [1.29, 1.82) is 0 Å². The third-order valence-corrected chi connectivity index (χ3v) is 6.78. The minimum Gasteiger partial charge on any atom is -0.462 e. The molecule has 164 valence electrons. The fourth-order valence-electron chi connectivity index (χ4n) is 3.32. The maximum atomic E-state index is 12.5. The Morgan fingerprint density at radius 3 is 2.58 bits per heavy atom. The van der Waals surface area contributed by atoms with Crippen LogP contribution in [0.25, 0.3) is 0 Å². The number of ether oxygens (including phenoxy) is 1. The van der Waals surface area contributed by atoms with Gasteiger partial charge in [-0.2, -0.15) is 5.10 Å². The highest BCUT2D eigenvalue weighted by molar-refractivity contribution is 7.98. The van der Waals surface area contributed by atoms with Crippen LogP contribution in [-0.4, -0.2) is 36.9 Å². The molecule has 9 heteroatoms. The van der Waals surface area contributed by atoms with Crippen LogP contribution >= 0.6 is 23.1 Å². The van der Waals surface area contributed by atoms with Gasteiger partial charge in [0.05, 0.1) is 18.4 Å². The van der Waals surface area contributed by atoms with Gasteiger partial charge in [-0.1, -0.05) is 18.6 Å². The molecule has 0 saturated carbocycles. The molecule has 0 fully saturated rings. The van der Waals surface area contributed by atoms with Gasteiger partial charge in [0, 0.05) is 9.77 Å². The Kier molecular flexibility index (Phi) is 8.25. The summed E-state index contributed by atoms with van der Waals surface area (Å²) in [7, 11) is 0. The Balaban J connectivity index is 1.69. The largest absolute Gasteiger partial charge is 0.462 e. The lowest BCUT2D eigenvalue weighted by Gasteiger charge is -2.08. The van der Waals surface area contributed by atoms with Crippen LogP contribution in [0.4, 0.5) is 5.00 Å². The van der Waals surface area contributed by atoms with Crippen molar-refractivity contribution in [3.05, 3.63) is 45.8 Å². The van der Waals surface area contributed by atoms with E-state index in [9.17, 15) is 14.4 Å². The second kappa shape index (κ2) is 11.1. The van der Waals surface area contributed by atoms with Gasteiger partial charge in [-0.15, -0.1) is 23.1 Å². The second-order valence-electron chi connectivity index (χ2n) is 6.92. The van der Waals surface area contributed by atoms with Crippen molar-refractivity contribution >= 4 is 52.1 Å². The van der Waals surface area contributed by atoms with Crippen LogP contribution in [0.2, 0.25) is 0 Å². The third-order valence-electron chi connectivity index (χ3n) is 4.83. The van der Waals surface area contributed by atoms with Crippen molar-refractivity contribution in [1.82, 2.24) is 5.43 Å². The Morgan fingerprint density at radius 1 is 1.13 bits per heavy atom. The minimum atomic E-state index is -0.907. The normalized spacial score (nSPS) is 13.4. The van der Waals surface area contributed by atoms with Crippen LogP contribution in [0.5, 0.6) is 0 Å². The summed E-state index contributed by atoms with van der Waals surface area (Å²) in [6, 6.07) is 7.62. The van der Waals surface area contributed by atoms with E-state index in [2.05, 4.69) is 15.8 Å². The summed E-state index contributed by atoms with van der Waals surface area (Å²) in [6.45, 7) is 1.98. The van der Waals surface area contributed by atoms with Crippen LogP contribution in [0.1, 0.15) is 52.5 Å². The molecule has 7 nitrogen and oxygen atoms in total. The van der Waals surface area contributed by atoms with E-state index in [0.717, 1.165) is 53.0 Å². The quantitative estimate of drug-likeness (QED) is 0.170. The molecule has 0 radical (unpaired) electrons. The number of aryl methyl sites for hydroxylation is 1. The number of carbonyl (C=O) groups is 3. The molecular formula is C22H25N3O4S2. The van der Waals surface area contributed by atoms with Gasteiger partial charge >= 0.3 is 17.8 Å². The van der Waals surface area contributed by atoms with E-state index in [1.807, 2.05) is 30.5 Å².